The van der Waals surface area contributed by atoms with Gasteiger partial charge in [-0.15, -0.1) is 0 Å². The second kappa shape index (κ2) is 3.52. The normalized spacial score (nSPS) is 11.3. The molecule has 1 amide bonds. The Hall–Kier alpha value is -0.620. The van der Waals surface area contributed by atoms with Gasteiger partial charge in [0, 0.05) is 0 Å². The third-order valence-electron chi connectivity index (χ3n) is 0.846. The molecule has 0 rings (SSSR count). The molecule has 6 heteroatoms. The van der Waals surface area contributed by atoms with Gasteiger partial charge in [-0.1, -0.05) is 0 Å². The maximum absolute atomic E-state index is 10.6. The fourth-order valence-electron chi connectivity index (χ4n) is 0.283. The average molecular weight is 166 g/mol. The molecule has 0 aromatic heterocycles. The fraction of sp³-hybridized carbons (Fsp3) is 0.750. The van der Waals surface area contributed by atoms with Gasteiger partial charge in [0.1, 0.15) is 0 Å². The van der Waals surface area contributed by atoms with Crippen molar-refractivity contribution in [1.29, 1.82) is 0 Å². The molecule has 60 valence electrons. The maximum atomic E-state index is 10.6. The van der Waals surface area contributed by atoms with Crippen LogP contribution in [0.25, 0.3) is 0 Å². The van der Waals surface area contributed by atoms with Gasteiger partial charge in [-0.25, -0.2) is 13.1 Å². The number of rotatable bonds is 4. The van der Waals surface area contributed by atoms with Crippen molar-refractivity contribution < 1.29 is 13.2 Å². The van der Waals surface area contributed by atoms with Crippen LogP contribution < -0.4 is 10.5 Å². The Kier molecular flexibility index (Phi) is 3.31. The lowest BCUT2D eigenvalue weighted by atomic mass is 10.7. The molecular formula is C4H10N2O3S. The molecule has 0 saturated heterocycles. The van der Waals surface area contributed by atoms with E-state index in [4.69, 9.17) is 0 Å². The molecule has 0 fully saturated rings. The van der Waals surface area contributed by atoms with Gasteiger partial charge in [0.05, 0.1) is 12.3 Å². The van der Waals surface area contributed by atoms with Gasteiger partial charge in [-0.05, 0) is 6.92 Å². The zero-order valence-electron chi connectivity index (χ0n) is 5.62. The van der Waals surface area contributed by atoms with Crippen LogP contribution in [-0.4, -0.2) is 26.6 Å². The van der Waals surface area contributed by atoms with Gasteiger partial charge in [-0.2, -0.15) is 0 Å². The highest BCUT2D eigenvalue weighted by atomic mass is 32.2. The number of nitrogens with one attached hydrogen (secondary N) is 1. The highest BCUT2D eigenvalue weighted by Crippen LogP contribution is 1.79. The molecule has 10 heavy (non-hydrogen) atoms. The van der Waals surface area contributed by atoms with Crippen molar-refractivity contribution in [2.45, 2.75) is 6.92 Å². The number of hydrogen-bond donors (Lipinski definition) is 2. The summed E-state index contributed by atoms with van der Waals surface area (Å²) in [5.74, 6) is -0.725. The van der Waals surface area contributed by atoms with Gasteiger partial charge in [0.25, 0.3) is 0 Å². The molecule has 0 aliphatic rings. The lowest BCUT2D eigenvalue weighted by molar-refractivity contribution is -0.116. The van der Waals surface area contributed by atoms with E-state index in [-0.39, 0.29) is 12.3 Å². The number of amides is 1. The quantitative estimate of drug-likeness (QED) is 0.527. The lowest BCUT2D eigenvalue weighted by Crippen LogP contribution is -2.34. The van der Waals surface area contributed by atoms with E-state index in [2.05, 4.69) is 5.73 Å². The van der Waals surface area contributed by atoms with E-state index in [1.807, 2.05) is 4.72 Å². The van der Waals surface area contributed by atoms with Gasteiger partial charge in [0.15, 0.2) is 0 Å². The topological polar surface area (TPSA) is 89.3 Å². The van der Waals surface area contributed by atoms with Crippen molar-refractivity contribution in [2.75, 3.05) is 12.3 Å². The summed E-state index contributed by atoms with van der Waals surface area (Å²) >= 11 is 0. The minimum Gasteiger partial charge on any atom is -0.369 e. The second-order valence-electron chi connectivity index (χ2n) is 1.69. The van der Waals surface area contributed by atoms with E-state index >= 15 is 0 Å². The van der Waals surface area contributed by atoms with Crippen LogP contribution in [0.2, 0.25) is 0 Å². The predicted octanol–water partition coefficient (Wildman–Crippen LogP) is -1.59. The molecule has 3 N–H and O–H groups in total. The van der Waals surface area contributed by atoms with Crippen LogP contribution in [0.4, 0.5) is 0 Å². The third kappa shape index (κ3) is 4.28. The SMILES string of the molecule is CCS(=O)(=O)NCC(N)=O. The zero-order chi connectivity index (χ0) is 8.20. The Morgan fingerprint density at radius 2 is 2.10 bits per heavy atom. The molecule has 0 aromatic rings. The Morgan fingerprint density at radius 1 is 1.60 bits per heavy atom. The summed E-state index contributed by atoms with van der Waals surface area (Å²) in [4.78, 5) is 10.1. The van der Waals surface area contributed by atoms with E-state index in [1.54, 1.807) is 0 Å². The van der Waals surface area contributed by atoms with E-state index in [1.165, 1.54) is 6.92 Å². The smallest absolute Gasteiger partial charge is 0.232 e. The Balaban J connectivity index is 3.81. The fourth-order valence-corrected chi connectivity index (χ4v) is 0.849. The van der Waals surface area contributed by atoms with E-state index in [0.29, 0.717) is 0 Å². The summed E-state index contributed by atoms with van der Waals surface area (Å²) in [6, 6.07) is 0. The Labute approximate surface area is 59.6 Å². The average Bonchev–Trinajstić information content (AvgIpc) is 1.85. The summed E-state index contributed by atoms with van der Waals surface area (Å²) in [6.07, 6.45) is 0. The molecule has 0 atom stereocenters. The summed E-state index contributed by atoms with van der Waals surface area (Å²) in [5.41, 5.74) is 4.69. The summed E-state index contributed by atoms with van der Waals surface area (Å²) in [7, 11) is -3.27. The van der Waals surface area contributed by atoms with Crippen LogP contribution in [0.3, 0.4) is 0 Å². The van der Waals surface area contributed by atoms with Crippen LogP contribution in [0.15, 0.2) is 0 Å². The molecule has 0 unspecified atom stereocenters. The number of carbonyl (C=O) groups is 1. The largest absolute Gasteiger partial charge is 0.369 e. The first-order valence-corrected chi connectivity index (χ1v) is 4.39. The molecule has 0 saturated carbocycles. The van der Waals surface area contributed by atoms with Crippen molar-refractivity contribution >= 4 is 15.9 Å². The van der Waals surface area contributed by atoms with E-state index in [9.17, 15) is 13.2 Å². The number of primary amides is 1. The molecule has 0 heterocycles. The molecule has 5 nitrogen and oxygen atoms in total. The van der Waals surface area contributed by atoms with Crippen molar-refractivity contribution in [3.05, 3.63) is 0 Å². The van der Waals surface area contributed by atoms with E-state index < -0.39 is 15.9 Å². The predicted molar refractivity (Wildman–Crippen MR) is 36.7 cm³/mol. The van der Waals surface area contributed by atoms with Crippen LogP contribution in [0, 0.1) is 0 Å². The van der Waals surface area contributed by atoms with Crippen molar-refractivity contribution in [3.8, 4) is 0 Å². The summed E-state index contributed by atoms with van der Waals surface area (Å²) in [6.45, 7) is 1.15. The molecule has 0 aliphatic heterocycles. The minimum atomic E-state index is -3.27. The summed E-state index contributed by atoms with van der Waals surface area (Å²) in [5, 5.41) is 0. The molecule has 0 bridgehead atoms. The second-order valence-corrected chi connectivity index (χ2v) is 3.79. The van der Waals surface area contributed by atoms with Crippen LogP contribution in [-0.2, 0) is 14.8 Å². The maximum Gasteiger partial charge on any atom is 0.232 e. The Morgan fingerprint density at radius 3 is 2.40 bits per heavy atom. The number of nitrogens with two attached hydrogens (primary N) is 1. The molecule has 0 radical (unpaired) electrons. The number of sulfonamides is 1. The van der Waals surface area contributed by atoms with Crippen molar-refractivity contribution in [3.63, 3.8) is 0 Å². The molecular weight excluding hydrogens is 156 g/mol. The number of hydrogen-bond acceptors (Lipinski definition) is 3. The van der Waals surface area contributed by atoms with Crippen LogP contribution >= 0.6 is 0 Å². The van der Waals surface area contributed by atoms with Crippen LogP contribution in [0.1, 0.15) is 6.92 Å². The first-order chi connectivity index (χ1) is 4.48. The molecule has 0 aliphatic carbocycles. The zero-order valence-corrected chi connectivity index (χ0v) is 6.44. The van der Waals surface area contributed by atoms with Crippen molar-refractivity contribution in [1.82, 2.24) is 4.72 Å². The summed E-state index contributed by atoms with van der Waals surface area (Å²) < 4.78 is 23.2. The first-order valence-electron chi connectivity index (χ1n) is 2.73. The third-order valence-corrected chi connectivity index (χ3v) is 2.19. The lowest BCUT2D eigenvalue weighted by Gasteiger charge is -1.99. The Bertz CT molecular complexity index is 209. The van der Waals surface area contributed by atoms with Gasteiger partial charge in [0.2, 0.25) is 15.9 Å². The monoisotopic (exact) mass is 166 g/mol. The van der Waals surface area contributed by atoms with Gasteiger partial charge < -0.3 is 5.73 Å². The molecule has 0 aromatic carbocycles. The first kappa shape index (κ1) is 9.38. The van der Waals surface area contributed by atoms with Crippen molar-refractivity contribution in [2.24, 2.45) is 5.73 Å². The highest BCUT2D eigenvalue weighted by Gasteiger charge is 2.05. The van der Waals surface area contributed by atoms with Gasteiger partial charge in [-0.3, -0.25) is 4.79 Å². The standard InChI is InChI=1S/C4H10N2O3S/c1-2-10(8,9)6-3-4(5)7/h6H,2-3H2,1H3,(H2,5,7). The van der Waals surface area contributed by atoms with E-state index in [0.717, 1.165) is 0 Å². The van der Waals surface area contributed by atoms with Crippen LogP contribution in [0.5, 0.6) is 0 Å². The molecule has 0 spiro atoms. The minimum absolute atomic E-state index is 0.0414. The number of carbonyl (C=O) groups excluding carboxylic acids is 1. The van der Waals surface area contributed by atoms with Gasteiger partial charge >= 0.3 is 0 Å². The highest BCUT2D eigenvalue weighted by molar-refractivity contribution is 7.89.